The first-order chi connectivity index (χ1) is 12.0. The maximum absolute atomic E-state index is 11.3. The molecule has 132 valence electrons. The Bertz CT molecular complexity index is 744. The third-order valence-electron chi connectivity index (χ3n) is 3.06. The van der Waals surface area contributed by atoms with Gasteiger partial charge in [0.25, 0.3) is 0 Å². The van der Waals surface area contributed by atoms with E-state index in [0.29, 0.717) is 28.9 Å². The van der Waals surface area contributed by atoms with Crippen molar-refractivity contribution in [1.29, 1.82) is 0 Å². The number of halogens is 2. The van der Waals surface area contributed by atoms with Crippen LogP contribution in [-0.4, -0.2) is 18.7 Å². The zero-order valence-corrected chi connectivity index (χ0v) is 16.2. The van der Waals surface area contributed by atoms with Gasteiger partial charge in [-0.1, -0.05) is 27.5 Å². The Kier molecular flexibility index (Phi) is 7.34. The number of rotatable bonds is 7. The first-order valence-electron chi connectivity index (χ1n) is 7.72. The Balaban J connectivity index is 1.94. The van der Waals surface area contributed by atoms with Crippen LogP contribution in [0.15, 0.2) is 59.1 Å². The van der Waals surface area contributed by atoms with E-state index in [9.17, 15) is 4.79 Å². The highest BCUT2D eigenvalue weighted by Gasteiger charge is 2.06. The summed E-state index contributed by atoms with van der Waals surface area (Å²) in [5, 5.41) is 0.521. The quantitative estimate of drug-likeness (QED) is 0.416. The average molecular weight is 426 g/mol. The number of esters is 1. The van der Waals surface area contributed by atoms with Gasteiger partial charge in [0.05, 0.1) is 11.6 Å². The lowest BCUT2D eigenvalue weighted by atomic mass is 10.3. The molecule has 25 heavy (non-hydrogen) atoms. The van der Waals surface area contributed by atoms with Gasteiger partial charge in [-0.3, -0.25) is 0 Å². The summed E-state index contributed by atoms with van der Waals surface area (Å²) >= 11 is 9.49. The van der Waals surface area contributed by atoms with Gasteiger partial charge in [0.15, 0.2) is 0 Å². The number of carbonyl (C=O) groups excluding carboxylic acids is 1. The fourth-order valence-electron chi connectivity index (χ4n) is 1.93. The van der Waals surface area contributed by atoms with Crippen molar-refractivity contribution < 1.29 is 19.0 Å². The zero-order chi connectivity index (χ0) is 18.2. The summed E-state index contributed by atoms with van der Waals surface area (Å²) in [6, 6.07) is 12.6. The molecular formula is C19H18BrClO4. The van der Waals surface area contributed by atoms with Crippen LogP contribution in [0, 0.1) is 0 Å². The summed E-state index contributed by atoms with van der Waals surface area (Å²) in [5.41, 5.74) is 0. The number of benzene rings is 2. The van der Waals surface area contributed by atoms with E-state index in [2.05, 4.69) is 15.9 Å². The highest BCUT2D eigenvalue weighted by atomic mass is 79.9. The molecule has 1 unspecified atom stereocenters. The standard InChI is InChI=1S/C19H18BrClO4/c1-3-23-19(22)11-4-13(2)24-15-6-8-16(9-7-15)25-18-10-5-14(20)12-17(18)21/h4-13H,3H2,1-2H3. The highest BCUT2D eigenvalue weighted by molar-refractivity contribution is 9.10. The van der Waals surface area contributed by atoms with E-state index < -0.39 is 0 Å². The minimum Gasteiger partial charge on any atom is -0.487 e. The van der Waals surface area contributed by atoms with Crippen LogP contribution in [0.2, 0.25) is 5.02 Å². The highest BCUT2D eigenvalue weighted by Crippen LogP contribution is 2.32. The zero-order valence-electron chi connectivity index (χ0n) is 13.9. The molecule has 0 aliphatic carbocycles. The van der Waals surface area contributed by atoms with Gasteiger partial charge < -0.3 is 14.2 Å². The van der Waals surface area contributed by atoms with Crippen LogP contribution in [-0.2, 0) is 9.53 Å². The summed E-state index contributed by atoms with van der Waals surface area (Å²) in [5.74, 6) is 1.50. The molecule has 2 rings (SSSR count). The number of ether oxygens (including phenoxy) is 3. The smallest absolute Gasteiger partial charge is 0.330 e. The Hall–Kier alpha value is -1.98. The van der Waals surface area contributed by atoms with Crippen LogP contribution < -0.4 is 9.47 Å². The molecular weight excluding hydrogens is 408 g/mol. The fraction of sp³-hybridized carbons (Fsp3) is 0.211. The molecule has 0 amide bonds. The van der Waals surface area contributed by atoms with Crippen LogP contribution in [0.4, 0.5) is 0 Å². The third-order valence-corrected chi connectivity index (χ3v) is 3.85. The molecule has 0 aromatic heterocycles. The number of hydrogen-bond donors (Lipinski definition) is 0. The van der Waals surface area contributed by atoms with Crippen molar-refractivity contribution in [1.82, 2.24) is 0 Å². The summed E-state index contributed by atoms with van der Waals surface area (Å²) in [4.78, 5) is 11.3. The van der Waals surface area contributed by atoms with Crippen molar-refractivity contribution in [2.24, 2.45) is 0 Å². The second-order valence-corrected chi connectivity index (χ2v) is 6.41. The van der Waals surface area contributed by atoms with E-state index in [4.69, 9.17) is 25.8 Å². The van der Waals surface area contributed by atoms with Crippen LogP contribution in [0.25, 0.3) is 0 Å². The molecule has 0 saturated heterocycles. The van der Waals surface area contributed by atoms with Crippen molar-refractivity contribution in [2.75, 3.05) is 6.61 Å². The topological polar surface area (TPSA) is 44.8 Å². The van der Waals surface area contributed by atoms with Crippen LogP contribution in [0.3, 0.4) is 0 Å². The van der Waals surface area contributed by atoms with Crippen molar-refractivity contribution >= 4 is 33.5 Å². The Labute approximate surface area is 160 Å². The minimum absolute atomic E-state index is 0.267. The summed E-state index contributed by atoms with van der Waals surface area (Å²) < 4.78 is 17.2. The SMILES string of the molecule is CCOC(=O)C=CC(C)Oc1ccc(Oc2ccc(Br)cc2Cl)cc1. The molecule has 0 bridgehead atoms. The maximum Gasteiger partial charge on any atom is 0.330 e. The van der Waals surface area contributed by atoms with Gasteiger partial charge in [-0.2, -0.15) is 0 Å². The molecule has 0 aliphatic heterocycles. The van der Waals surface area contributed by atoms with E-state index >= 15 is 0 Å². The molecule has 0 N–H and O–H groups in total. The molecule has 0 radical (unpaired) electrons. The lowest BCUT2D eigenvalue weighted by Gasteiger charge is -2.12. The third kappa shape index (κ3) is 6.44. The molecule has 1 atom stereocenters. The Morgan fingerprint density at radius 2 is 1.88 bits per heavy atom. The molecule has 2 aromatic rings. The largest absolute Gasteiger partial charge is 0.487 e. The van der Waals surface area contributed by atoms with Gasteiger partial charge in [-0.15, -0.1) is 0 Å². The van der Waals surface area contributed by atoms with Gasteiger partial charge in [0.1, 0.15) is 23.4 Å². The van der Waals surface area contributed by atoms with Crippen LogP contribution in [0.1, 0.15) is 13.8 Å². The lowest BCUT2D eigenvalue weighted by Crippen LogP contribution is -2.09. The van der Waals surface area contributed by atoms with Crippen LogP contribution >= 0.6 is 27.5 Å². The van der Waals surface area contributed by atoms with Gasteiger partial charge in [0.2, 0.25) is 0 Å². The van der Waals surface area contributed by atoms with Crippen LogP contribution in [0.5, 0.6) is 17.2 Å². The summed E-state index contributed by atoms with van der Waals surface area (Å²) in [6.45, 7) is 3.95. The fourth-order valence-corrected chi connectivity index (χ4v) is 2.64. The second kappa shape index (κ2) is 9.49. The molecule has 0 fully saturated rings. The van der Waals surface area contributed by atoms with Crippen molar-refractivity contribution in [2.45, 2.75) is 20.0 Å². The molecule has 4 nitrogen and oxygen atoms in total. The van der Waals surface area contributed by atoms with Gasteiger partial charge in [-0.25, -0.2) is 4.79 Å². The normalized spacial score (nSPS) is 12.0. The molecule has 0 spiro atoms. The minimum atomic E-state index is -0.381. The molecule has 6 heteroatoms. The van der Waals surface area contributed by atoms with E-state index in [0.717, 1.165) is 4.47 Å². The monoisotopic (exact) mass is 424 g/mol. The van der Waals surface area contributed by atoms with Gasteiger partial charge in [0, 0.05) is 10.5 Å². The first-order valence-corrected chi connectivity index (χ1v) is 8.89. The lowest BCUT2D eigenvalue weighted by molar-refractivity contribution is -0.137. The summed E-state index contributed by atoms with van der Waals surface area (Å²) in [6.07, 6.45) is 2.74. The maximum atomic E-state index is 11.3. The van der Waals surface area contributed by atoms with Gasteiger partial charge >= 0.3 is 5.97 Å². The Morgan fingerprint density at radius 3 is 2.52 bits per heavy atom. The molecule has 0 saturated carbocycles. The first kappa shape index (κ1) is 19.3. The Morgan fingerprint density at radius 1 is 1.20 bits per heavy atom. The van der Waals surface area contributed by atoms with E-state index in [1.54, 1.807) is 49.4 Å². The predicted octanol–water partition coefficient (Wildman–Crippen LogP) is 5.78. The second-order valence-electron chi connectivity index (χ2n) is 5.08. The van der Waals surface area contributed by atoms with E-state index in [-0.39, 0.29) is 12.1 Å². The molecule has 0 aliphatic rings. The van der Waals surface area contributed by atoms with Crippen molar-refractivity contribution in [3.63, 3.8) is 0 Å². The van der Waals surface area contributed by atoms with E-state index in [1.165, 1.54) is 6.08 Å². The average Bonchev–Trinajstić information content (AvgIpc) is 2.57. The molecule has 0 heterocycles. The van der Waals surface area contributed by atoms with E-state index in [1.807, 2.05) is 13.0 Å². The molecule has 2 aromatic carbocycles. The summed E-state index contributed by atoms with van der Waals surface area (Å²) in [7, 11) is 0. The van der Waals surface area contributed by atoms with Crippen molar-refractivity contribution in [3.8, 4) is 17.2 Å². The van der Waals surface area contributed by atoms with Crippen molar-refractivity contribution in [3.05, 3.63) is 64.1 Å². The number of hydrogen-bond acceptors (Lipinski definition) is 4. The van der Waals surface area contributed by atoms with Gasteiger partial charge in [-0.05, 0) is 62.4 Å². The predicted molar refractivity (Wildman–Crippen MR) is 102 cm³/mol. The number of carbonyl (C=O) groups is 1.